The van der Waals surface area contributed by atoms with Crippen molar-refractivity contribution in [3.63, 3.8) is 0 Å². The van der Waals surface area contributed by atoms with Crippen LogP contribution in [-0.2, 0) is 4.79 Å². The number of nitrogens with zero attached hydrogens (tertiary/aromatic N) is 1. The van der Waals surface area contributed by atoms with E-state index in [1.807, 2.05) is 18.3 Å². The lowest BCUT2D eigenvalue weighted by Crippen LogP contribution is -2.26. The number of nitrogens with one attached hydrogen (secondary N) is 2. The van der Waals surface area contributed by atoms with E-state index in [1.54, 1.807) is 23.5 Å². The van der Waals surface area contributed by atoms with Crippen LogP contribution in [0.25, 0.3) is 0 Å². The number of aromatic nitrogens is 1. The van der Waals surface area contributed by atoms with E-state index in [-0.39, 0.29) is 12.5 Å². The summed E-state index contributed by atoms with van der Waals surface area (Å²) in [5.41, 5.74) is 0. The molecule has 1 aliphatic heterocycles. The van der Waals surface area contributed by atoms with Gasteiger partial charge in [-0.15, -0.1) is 11.3 Å². The standard InChI is InChI=1S/C16H18ClN3O2S/c17-12-3-1-2-4-13(12)22-10-15(21)20-16-19-9-14(23-16)11-5-7-18-8-6-11/h1-4,9,11,18H,5-8,10H2,(H,19,20,21). The van der Waals surface area contributed by atoms with Crippen molar-refractivity contribution in [2.75, 3.05) is 25.0 Å². The van der Waals surface area contributed by atoms with Gasteiger partial charge in [0.25, 0.3) is 5.91 Å². The number of piperidine rings is 1. The third-order valence-electron chi connectivity index (χ3n) is 3.71. The molecule has 2 aromatic rings. The Bertz CT molecular complexity index is 671. The summed E-state index contributed by atoms with van der Waals surface area (Å²) in [6.07, 6.45) is 4.10. The van der Waals surface area contributed by atoms with Crippen molar-refractivity contribution in [2.45, 2.75) is 18.8 Å². The molecule has 1 aromatic heterocycles. The summed E-state index contributed by atoms with van der Waals surface area (Å²) in [7, 11) is 0. The molecular weight excluding hydrogens is 334 g/mol. The first-order chi connectivity index (χ1) is 11.2. The average Bonchev–Trinajstić information content (AvgIpc) is 3.03. The number of thiazole rings is 1. The van der Waals surface area contributed by atoms with Gasteiger partial charge in [-0.1, -0.05) is 23.7 Å². The van der Waals surface area contributed by atoms with E-state index in [4.69, 9.17) is 16.3 Å². The molecule has 0 bridgehead atoms. The van der Waals surface area contributed by atoms with E-state index in [0.29, 0.717) is 21.8 Å². The van der Waals surface area contributed by atoms with Crippen molar-refractivity contribution in [1.29, 1.82) is 0 Å². The normalized spacial score (nSPS) is 15.3. The van der Waals surface area contributed by atoms with E-state index in [0.717, 1.165) is 25.9 Å². The minimum atomic E-state index is -0.240. The third-order valence-corrected chi connectivity index (χ3v) is 5.09. The van der Waals surface area contributed by atoms with Crippen LogP contribution in [0.3, 0.4) is 0 Å². The first-order valence-corrected chi connectivity index (χ1v) is 8.75. The van der Waals surface area contributed by atoms with Gasteiger partial charge >= 0.3 is 0 Å². The van der Waals surface area contributed by atoms with E-state index in [1.165, 1.54) is 4.88 Å². The van der Waals surface area contributed by atoms with Crippen molar-refractivity contribution >= 4 is 34.0 Å². The van der Waals surface area contributed by atoms with Gasteiger partial charge in [-0.3, -0.25) is 10.1 Å². The molecule has 0 aliphatic carbocycles. The van der Waals surface area contributed by atoms with Crippen molar-refractivity contribution in [3.8, 4) is 5.75 Å². The minimum Gasteiger partial charge on any atom is -0.482 e. The van der Waals surface area contributed by atoms with E-state index < -0.39 is 0 Å². The fourth-order valence-corrected chi connectivity index (χ4v) is 3.69. The zero-order chi connectivity index (χ0) is 16.1. The van der Waals surface area contributed by atoms with Crippen LogP contribution >= 0.6 is 22.9 Å². The number of anilines is 1. The van der Waals surface area contributed by atoms with E-state index in [9.17, 15) is 4.79 Å². The zero-order valence-electron chi connectivity index (χ0n) is 12.5. The van der Waals surface area contributed by atoms with Crippen LogP contribution in [0, 0.1) is 0 Å². The van der Waals surface area contributed by atoms with Gasteiger partial charge in [0.15, 0.2) is 11.7 Å². The number of rotatable bonds is 5. The molecule has 1 saturated heterocycles. The molecule has 0 atom stereocenters. The fourth-order valence-electron chi connectivity index (χ4n) is 2.50. The third kappa shape index (κ3) is 4.43. The van der Waals surface area contributed by atoms with Crippen LogP contribution in [0.5, 0.6) is 5.75 Å². The summed E-state index contributed by atoms with van der Waals surface area (Å²) in [6, 6.07) is 7.08. The first-order valence-electron chi connectivity index (χ1n) is 7.56. The Morgan fingerprint density at radius 3 is 2.96 bits per heavy atom. The Hall–Kier alpha value is -1.63. The predicted molar refractivity (Wildman–Crippen MR) is 92.5 cm³/mol. The lowest BCUT2D eigenvalue weighted by atomic mass is 9.97. The minimum absolute atomic E-state index is 0.0913. The number of para-hydroxylation sites is 1. The van der Waals surface area contributed by atoms with Crippen molar-refractivity contribution in [2.24, 2.45) is 0 Å². The molecule has 0 spiro atoms. The number of halogens is 1. The highest BCUT2D eigenvalue weighted by molar-refractivity contribution is 7.15. The second kappa shape index (κ2) is 7.77. The Balaban J connectivity index is 1.52. The second-order valence-electron chi connectivity index (χ2n) is 5.36. The second-order valence-corrected chi connectivity index (χ2v) is 6.83. The first kappa shape index (κ1) is 16.2. The SMILES string of the molecule is O=C(COc1ccccc1Cl)Nc1ncc(C2CCNCC2)s1. The maximum absolute atomic E-state index is 12.0. The summed E-state index contributed by atoms with van der Waals surface area (Å²) in [5, 5.41) is 7.23. The number of carbonyl (C=O) groups is 1. The lowest BCUT2D eigenvalue weighted by Gasteiger charge is -2.20. The molecule has 2 N–H and O–H groups in total. The average molecular weight is 352 g/mol. The molecule has 23 heavy (non-hydrogen) atoms. The van der Waals surface area contributed by atoms with Crippen LogP contribution in [-0.4, -0.2) is 30.6 Å². The van der Waals surface area contributed by atoms with E-state index in [2.05, 4.69) is 15.6 Å². The number of carbonyl (C=O) groups excluding carboxylic acids is 1. The molecule has 1 aromatic carbocycles. The fraction of sp³-hybridized carbons (Fsp3) is 0.375. The highest BCUT2D eigenvalue weighted by Gasteiger charge is 2.18. The molecule has 1 aliphatic rings. The molecule has 1 amide bonds. The van der Waals surface area contributed by atoms with Crippen LogP contribution in [0.2, 0.25) is 5.02 Å². The summed E-state index contributed by atoms with van der Waals surface area (Å²) in [4.78, 5) is 17.5. The van der Waals surface area contributed by atoms with E-state index >= 15 is 0 Å². The van der Waals surface area contributed by atoms with Gasteiger partial charge in [0.1, 0.15) is 5.75 Å². The Labute approximate surface area is 144 Å². The highest BCUT2D eigenvalue weighted by atomic mass is 35.5. The molecule has 3 rings (SSSR count). The number of hydrogen-bond donors (Lipinski definition) is 2. The van der Waals surface area contributed by atoms with Crippen molar-refractivity contribution in [3.05, 3.63) is 40.4 Å². The zero-order valence-corrected chi connectivity index (χ0v) is 14.1. The Morgan fingerprint density at radius 2 is 2.17 bits per heavy atom. The van der Waals surface area contributed by atoms with Crippen LogP contribution < -0.4 is 15.4 Å². The molecule has 0 radical (unpaired) electrons. The highest BCUT2D eigenvalue weighted by Crippen LogP contribution is 2.31. The predicted octanol–water partition coefficient (Wildman–Crippen LogP) is 3.28. The van der Waals surface area contributed by atoms with Crippen LogP contribution in [0.4, 0.5) is 5.13 Å². The lowest BCUT2D eigenvalue weighted by molar-refractivity contribution is -0.118. The number of hydrogen-bond acceptors (Lipinski definition) is 5. The van der Waals surface area contributed by atoms with Crippen LogP contribution in [0.1, 0.15) is 23.6 Å². The van der Waals surface area contributed by atoms with Crippen molar-refractivity contribution < 1.29 is 9.53 Å². The maximum atomic E-state index is 12.0. The van der Waals surface area contributed by atoms with Gasteiger partial charge in [0, 0.05) is 11.1 Å². The molecule has 7 heteroatoms. The number of amides is 1. The number of benzene rings is 1. The van der Waals surface area contributed by atoms with Gasteiger partial charge in [-0.05, 0) is 44.0 Å². The van der Waals surface area contributed by atoms with Gasteiger partial charge in [0.2, 0.25) is 0 Å². The van der Waals surface area contributed by atoms with Gasteiger partial charge in [-0.25, -0.2) is 4.98 Å². The monoisotopic (exact) mass is 351 g/mol. The Morgan fingerprint density at radius 1 is 1.39 bits per heavy atom. The Kier molecular flexibility index (Phi) is 5.48. The molecule has 0 saturated carbocycles. The van der Waals surface area contributed by atoms with Gasteiger partial charge in [-0.2, -0.15) is 0 Å². The quantitative estimate of drug-likeness (QED) is 0.867. The topological polar surface area (TPSA) is 63.2 Å². The largest absolute Gasteiger partial charge is 0.482 e. The maximum Gasteiger partial charge on any atom is 0.264 e. The summed E-state index contributed by atoms with van der Waals surface area (Å²) >= 11 is 7.53. The summed E-state index contributed by atoms with van der Waals surface area (Å²) in [5.74, 6) is 0.800. The van der Waals surface area contributed by atoms with Gasteiger partial charge < -0.3 is 10.1 Å². The molecule has 0 unspecified atom stereocenters. The number of ether oxygens (including phenoxy) is 1. The molecule has 1 fully saturated rings. The molecule has 122 valence electrons. The smallest absolute Gasteiger partial charge is 0.264 e. The summed E-state index contributed by atoms with van der Waals surface area (Å²) < 4.78 is 5.42. The molecule has 2 heterocycles. The van der Waals surface area contributed by atoms with Crippen molar-refractivity contribution in [1.82, 2.24) is 10.3 Å². The molecular formula is C16H18ClN3O2S. The van der Waals surface area contributed by atoms with Gasteiger partial charge in [0.05, 0.1) is 5.02 Å². The van der Waals surface area contributed by atoms with Crippen LogP contribution in [0.15, 0.2) is 30.5 Å². The molecule has 5 nitrogen and oxygen atoms in total. The summed E-state index contributed by atoms with van der Waals surface area (Å²) in [6.45, 7) is 1.98.